The Kier molecular flexibility index (Phi) is 6.62. The van der Waals surface area contributed by atoms with Crippen molar-refractivity contribution in [3.05, 3.63) is 63.1 Å². The summed E-state index contributed by atoms with van der Waals surface area (Å²) in [4.78, 5) is 12.6. The van der Waals surface area contributed by atoms with E-state index in [9.17, 15) is 13.2 Å². The van der Waals surface area contributed by atoms with Crippen LogP contribution >= 0.6 is 23.2 Å². The lowest BCUT2D eigenvalue weighted by Gasteiger charge is -2.26. The maximum Gasteiger partial charge on any atom is 0.338 e. The van der Waals surface area contributed by atoms with Crippen LogP contribution in [0.4, 0.5) is 0 Å². The summed E-state index contributed by atoms with van der Waals surface area (Å²) in [5, 5.41) is 0.777. The van der Waals surface area contributed by atoms with Crippen LogP contribution in [0.3, 0.4) is 0 Å². The Morgan fingerprint density at radius 1 is 1.14 bits per heavy atom. The van der Waals surface area contributed by atoms with Crippen molar-refractivity contribution in [1.82, 2.24) is 4.31 Å². The normalized spacial score (nSPS) is 15.4. The first-order valence-electron chi connectivity index (χ1n) is 8.59. The van der Waals surface area contributed by atoms with Gasteiger partial charge in [0.25, 0.3) is 0 Å². The molecule has 150 valence electrons. The number of benzene rings is 2. The highest BCUT2D eigenvalue weighted by molar-refractivity contribution is 7.89. The number of morpholine rings is 1. The average Bonchev–Trinajstić information content (AvgIpc) is 2.68. The predicted molar refractivity (Wildman–Crippen MR) is 106 cm³/mol. The third kappa shape index (κ3) is 4.50. The van der Waals surface area contributed by atoms with E-state index >= 15 is 0 Å². The molecule has 9 heteroatoms. The second kappa shape index (κ2) is 8.80. The van der Waals surface area contributed by atoms with E-state index in [0.29, 0.717) is 34.4 Å². The van der Waals surface area contributed by atoms with Crippen LogP contribution in [0.15, 0.2) is 41.3 Å². The maximum absolute atomic E-state index is 12.9. The molecule has 1 aliphatic rings. The molecule has 0 radical (unpaired) electrons. The summed E-state index contributed by atoms with van der Waals surface area (Å²) in [6.45, 7) is 2.82. The molecular weight excluding hydrogens is 425 g/mol. The fourth-order valence-corrected chi connectivity index (χ4v) is 4.99. The summed E-state index contributed by atoms with van der Waals surface area (Å²) in [5.41, 5.74) is 1.19. The van der Waals surface area contributed by atoms with Crippen molar-refractivity contribution in [2.45, 2.75) is 18.4 Å². The third-order valence-corrected chi connectivity index (χ3v) is 7.17. The zero-order chi connectivity index (χ0) is 20.3. The molecular formula is C19H19Cl2NO5S. The van der Waals surface area contributed by atoms with Gasteiger partial charge >= 0.3 is 5.97 Å². The van der Waals surface area contributed by atoms with Gasteiger partial charge in [-0.15, -0.1) is 0 Å². The molecule has 0 atom stereocenters. The van der Waals surface area contributed by atoms with Crippen LogP contribution in [-0.2, 0) is 26.1 Å². The molecule has 1 heterocycles. The molecule has 1 aliphatic heterocycles. The van der Waals surface area contributed by atoms with E-state index in [1.807, 2.05) is 0 Å². The lowest BCUT2D eigenvalue weighted by Crippen LogP contribution is -2.40. The number of aryl methyl sites for hydroxylation is 1. The molecule has 0 amide bonds. The monoisotopic (exact) mass is 443 g/mol. The van der Waals surface area contributed by atoms with Gasteiger partial charge in [-0.3, -0.25) is 0 Å². The summed E-state index contributed by atoms with van der Waals surface area (Å²) >= 11 is 12.2. The number of carbonyl (C=O) groups excluding carboxylic acids is 1. The van der Waals surface area contributed by atoms with Gasteiger partial charge < -0.3 is 9.47 Å². The van der Waals surface area contributed by atoms with Gasteiger partial charge in [0.2, 0.25) is 10.0 Å². The number of rotatable bonds is 5. The number of halogens is 2. The zero-order valence-electron chi connectivity index (χ0n) is 15.2. The van der Waals surface area contributed by atoms with Crippen molar-refractivity contribution in [3.8, 4) is 0 Å². The second-order valence-electron chi connectivity index (χ2n) is 6.27. The van der Waals surface area contributed by atoms with Gasteiger partial charge in [0.1, 0.15) is 6.61 Å². The van der Waals surface area contributed by atoms with E-state index in [-0.39, 0.29) is 30.2 Å². The van der Waals surface area contributed by atoms with Crippen molar-refractivity contribution in [3.63, 3.8) is 0 Å². The molecule has 0 N–H and O–H groups in total. The minimum atomic E-state index is -3.73. The topological polar surface area (TPSA) is 72.9 Å². The summed E-state index contributed by atoms with van der Waals surface area (Å²) < 4.78 is 37.7. The lowest BCUT2D eigenvalue weighted by molar-refractivity contribution is 0.0472. The standard InChI is InChI=1S/C19H19Cl2NO5S/c1-13-5-6-14(11-18(13)28(24,25)22-7-9-26-10-8-22)19(23)27-12-15-16(20)3-2-4-17(15)21/h2-6,11H,7-10,12H2,1H3. The van der Waals surface area contributed by atoms with Crippen LogP contribution in [0.2, 0.25) is 10.0 Å². The van der Waals surface area contributed by atoms with Crippen molar-refractivity contribution >= 4 is 39.2 Å². The molecule has 0 spiro atoms. The van der Waals surface area contributed by atoms with Gasteiger partial charge in [0.15, 0.2) is 0 Å². The van der Waals surface area contributed by atoms with Gasteiger partial charge in [-0.25, -0.2) is 13.2 Å². The first-order valence-corrected chi connectivity index (χ1v) is 10.8. The molecule has 0 aliphatic carbocycles. The van der Waals surface area contributed by atoms with E-state index in [4.69, 9.17) is 32.7 Å². The minimum Gasteiger partial charge on any atom is -0.457 e. The molecule has 0 saturated carbocycles. The average molecular weight is 444 g/mol. The molecule has 0 aromatic heterocycles. The highest BCUT2D eigenvalue weighted by Crippen LogP contribution is 2.26. The predicted octanol–water partition coefficient (Wildman–Crippen LogP) is 3.68. The fourth-order valence-electron chi connectivity index (χ4n) is 2.82. The number of ether oxygens (including phenoxy) is 2. The van der Waals surface area contributed by atoms with Crippen molar-refractivity contribution < 1.29 is 22.7 Å². The van der Waals surface area contributed by atoms with Crippen LogP contribution in [-0.4, -0.2) is 45.0 Å². The highest BCUT2D eigenvalue weighted by atomic mass is 35.5. The summed E-state index contributed by atoms with van der Waals surface area (Å²) in [5.74, 6) is -0.658. The van der Waals surface area contributed by atoms with E-state index < -0.39 is 16.0 Å². The number of nitrogens with zero attached hydrogens (tertiary/aromatic N) is 1. The lowest BCUT2D eigenvalue weighted by atomic mass is 10.1. The summed E-state index contributed by atoms with van der Waals surface area (Å²) in [7, 11) is -3.73. The number of hydrogen-bond acceptors (Lipinski definition) is 5. The summed E-state index contributed by atoms with van der Waals surface area (Å²) in [6, 6.07) is 9.46. The highest BCUT2D eigenvalue weighted by Gasteiger charge is 2.28. The van der Waals surface area contributed by atoms with Gasteiger partial charge in [0.05, 0.1) is 23.7 Å². The molecule has 28 heavy (non-hydrogen) atoms. The van der Waals surface area contributed by atoms with Crippen LogP contribution in [0.25, 0.3) is 0 Å². The van der Waals surface area contributed by atoms with E-state index in [0.717, 1.165) is 0 Å². The molecule has 1 saturated heterocycles. The maximum atomic E-state index is 12.9. The molecule has 2 aromatic carbocycles. The SMILES string of the molecule is Cc1ccc(C(=O)OCc2c(Cl)cccc2Cl)cc1S(=O)(=O)N1CCOCC1. The first kappa shape index (κ1) is 21.1. The Morgan fingerprint density at radius 2 is 1.79 bits per heavy atom. The van der Waals surface area contributed by atoms with Gasteiger partial charge in [-0.2, -0.15) is 4.31 Å². The zero-order valence-corrected chi connectivity index (χ0v) is 17.5. The van der Waals surface area contributed by atoms with Gasteiger partial charge in [-0.1, -0.05) is 35.3 Å². The van der Waals surface area contributed by atoms with Gasteiger partial charge in [0, 0.05) is 28.7 Å². The molecule has 3 rings (SSSR count). The Labute approximate surface area is 174 Å². The van der Waals surface area contributed by atoms with Crippen LogP contribution in [0.5, 0.6) is 0 Å². The van der Waals surface area contributed by atoms with Crippen molar-refractivity contribution in [2.75, 3.05) is 26.3 Å². The smallest absolute Gasteiger partial charge is 0.338 e. The fraction of sp³-hybridized carbons (Fsp3) is 0.316. The number of hydrogen-bond donors (Lipinski definition) is 0. The second-order valence-corrected chi connectivity index (χ2v) is 8.99. The Hall–Kier alpha value is -1.64. The van der Waals surface area contributed by atoms with E-state index in [1.54, 1.807) is 31.2 Å². The number of carbonyl (C=O) groups is 1. The first-order chi connectivity index (χ1) is 13.3. The minimum absolute atomic E-state index is 0.0830. The molecule has 0 unspecified atom stereocenters. The Morgan fingerprint density at radius 3 is 2.43 bits per heavy atom. The molecule has 0 bridgehead atoms. The Balaban J connectivity index is 1.81. The van der Waals surface area contributed by atoms with Crippen LogP contribution < -0.4 is 0 Å². The largest absolute Gasteiger partial charge is 0.457 e. The quantitative estimate of drug-likeness (QED) is 0.658. The molecule has 1 fully saturated rings. The van der Waals surface area contributed by atoms with Crippen LogP contribution in [0, 0.1) is 6.92 Å². The van der Waals surface area contributed by atoms with Gasteiger partial charge in [-0.05, 0) is 36.8 Å². The Bertz CT molecular complexity index is 968. The number of sulfonamides is 1. The van der Waals surface area contributed by atoms with Crippen molar-refractivity contribution in [1.29, 1.82) is 0 Å². The van der Waals surface area contributed by atoms with E-state index in [2.05, 4.69) is 0 Å². The number of esters is 1. The third-order valence-electron chi connectivity index (χ3n) is 4.42. The molecule has 2 aromatic rings. The van der Waals surface area contributed by atoms with Crippen LogP contribution in [0.1, 0.15) is 21.5 Å². The molecule has 6 nitrogen and oxygen atoms in total. The summed E-state index contributed by atoms with van der Waals surface area (Å²) in [6.07, 6.45) is 0. The van der Waals surface area contributed by atoms with Crippen molar-refractivity contribution in [2.24, 2.45) is 0 Å². The van der Waals surface area contributed by atoms with E-state index in [1.165, 1.54) is 16.4 Å².